The van der Waals surface area contributed by atoms with Crippen LogP contribution in [0, 0.1) is 11.8 Å². The van der Waals surface area contributed by atoms with E-state index in [2.05, 4.69) is 13.8 Å². The molecule has 5 nitrogen and oxygen atoms in total. The van der Waals surface area contributed by atoms with E-state index in [1.54, 1.807) is 11.9 Å². The number of likely N-dealkylation sites (tertiary alicyclic amines) is 1. The van der Waals surface area contributed by atoms with Gasteiger partial charge in [-0.25, -0.2) is 0 Å². The lowest BCUT2D eigenvalue weighted by Gasteiger charge is -2.35. The van der Waals surface area contributed by atoms with Crippen molar-refractivity contribution in [3.05, 3.63) is 0 Å². The number of rotatable bonds is 4. The number of carbonyl (C=O) groups excluding carboxylic acids is 2. The van der Waals surface area contributed by atoms with Gasteiger partial charge in [0.25, 0.3) is 0 Å². The Labute approximate surface area is 116 Å². The van der Waals surface area contributed by atoms with Gasteiger partial charge in [0.1, 0.15) is 0 Å². The Hall–Kier alpha value is -1.10. The second-order valence-corrected chi connectivity index (χ2v) is 5.77. The lowest BCUT2D eigenvalue weighted by Crippen LogP contribution is -2.48. The van der Waals surface area contributed by atoms with Gasteiger partial charge in [0.05, 0.1) is 0 Å². The number of nitrogens with two attached hydrogens (primary N) is 1. The highest BCUT2D eigenvalue weighted by Crippen LogP contribution is 2.23. The van der Waals surface area contributed by atoms with E-state index in [9.17, 15) is 9.59 Å². The number of hydrogen-bond donors (Lipinski definition) is 1. The number of likely N-dealkylation sites (N-methyl/N-ethyl adjacent to an activating group) is 1. The first-order chi connectivity index (χ1) is 8.97. The molecule has 0 aromatic carbocycles. The maximum atomic E-state index is 12.2. The van der Waals surface area contributed by atoms with Gasteiger partial charge in [0.15, 0.2) is 0 Å². The van der Waals surface area contributed by atoms with E-state index in [-0.39, 0.29) is 5.91 Å². The summed E-state index contributed by atoms with van der Waals surface area (Å²) in [5.74, 6) is 0.309. The van der Waals surface area contributed by atoms with Gasteiger partial charge in [0, 0.05) is 26.7 Å². The second kappa shape index (κ2) is 7.48. The van der Waals surface area contributed by atoms with Crippen molar-refractivity contribution in [3.63, 3.8) is 0 Å². The monoisotopic (exact) mass is 269 g/mol. The van der Waals surface area contributed by atoms with E-state index in [1.165, 1.54) is 4.90 Å². The van der Waals surface area contributed by atoms with Crippen LogP contribution >= 0.6 is 0 Å². The quantitative estimate of drug-likeness (QED) is 0.764. The Bertz CT molecular complexity index is 318. The highest BCUT2D eigenvalue weighted by Gasteiger charge is 2.30. The highest BCUT2D eigenvalue weighted by molar-refractivity contribution is 6.34. The largest absolute Gasteiger partial charge is 0.337 e. The number of hydrogen-bond acceptors (Lipinski definition) is 3. The summed E-state index contributed by atoms with van der Waals surface area (Å²) in [6.07, 6.45) is 2.87. The van der Waals surface area contributed by atoms with Crippen molar-refractivity contribution in [2.75, 3.05) is 33.2 Å². The Morgan fingerprint density at radius 2 is 2.11 bits per heavy atom. The predicted molar refractivity (Wildman–Crippen MR) is 75.5 cm³/mol. The van der Waals surface area contributed by atoms with Crippen LogP contribution in [-0.2, 0) is 9.59 Å². The Balaban J connectivity index is 2.54. The van der Waals surface area contributed by atoms with Crippen LogP contribution in [0.2, 0.25) is 0 Å². The van der Waals surface area contributed by atoms with Crippen molar-refractivity contribution in [2.45, 2.75) is 33.1 Å². The van der Waals surface area contributed by atoms with Crippen molar-refractivity contribution >= 4 is 11.8 Å². The summed E-state index contributed by atoms with van der Waals surface area (Å²) < 4.78 is 0. The molecular weight excluding hydrogens is 242 g/mol. The van der Waals surface area contributed by atoms with Crippen molar-refractivity contribution in [3.8, 4) is 0 Å². The SMILES string of the molecule is CC(C)C1CCCN(C(=O)C(=O)N(C)CCCN)C1. The lowest BCUT2D eigenvalue weighted by atomic mass is 9.88. The van der Waals surface area contributed by atoms with E-state index in [0.717, 1.165) is 19.3 Å². The molecule has 1 unspecified atom stereocenters. The Morgan fingerprint density at radius 3 is 2.68 bits per heavy atom. The highest BCUT2D eigenvalue weighted by atomic mass is 16.2. The molecular formula is C14H27N3O2. The fourth-order valence-corrected chi connectivity index (χ4v) is 2.47. The van der Waals surface area contributed by atoms with Crippen molar-refractivity contribution in [2.24, 2.45) is 17.6 Å². The van der Waals surface area contributed by atoms with Crippen LogP contribution in [0.25, 0.3) is 0 Å². The van der Waals surface area contributed by atoms with Crippen LogP contribution in [0.1, 0.15) is 33.1 Å². The van der Waals surface area contributed by atoms with Crippen LogP contribution in [0.5, 0.6) is 0 Å². The summed E-state index contributed by atoms with van der Waals surface area (Å²) >= 11 is 0. The van der Waals surface area contributed by atoms with Gasteiger partial charge in [-0.05, 0) is 37.6 Å². The molecule has 0 saturated carbocycles. The number of piperidine rings is 1. The third-order valence-corrected chi connectivity index (χ3v) is 3.92. The first-order valence-corrected chi connectivity index (χ1v) is 7.21. The van der Waals surface area contributed by atoms with E-state index in [0.29, 0.717) is 38.0 Å². The van der Waals surface area contributed by atoms with Gasteiger partial charge in [-0.3, -0.25) is 9.59 Å². The molecule has 1 fully saturated rings. The Morgan fingerprint density at radius 1 is 1.42 bits per heavy atom. The molecule has 1 saturated heterocycles. The maximum absolute atomic E-state index is 12.2. The normalized spacial score (nSPS) is 19.6. The third kappa shape index (κ3) is 4.49. The molecule has 5 heteroatoms. The zero-order chi connectivity index (χ0) is 14.4. The lowest BCUT2D eigenvalue weighted by molar-refractivity contribution is -0.152. The maximum Gasteiger partial charge on any atom is 0.312 e. The zero-order valence-corrected chi connectivity index (χ0v) is 12.4. The molecule has 19 heavy (non-hydrogen) atoms. The molecule has 0 aromatic heterocycles. The summed E-state index contributed by atoms with van der Waals surface area (Å²) in [6, 6.07) is 0. The molecule has 1 aliphatic heterocycles. The fraction of sp³-hybridized carbons (Fsp3) is 0.857. The second-order valence-electron chi connectivity index (χ2n) is 5.77. The third-order valence-electron chi connectivity index (χ3n) is 3.92. The predicted octanol–water partition coefficient (Wildman–Crippen LogP) is 0.688. The molecule has 0 bridgehead atoms. The molecule has 0 radical (unpaired) electrons. The number of amides is 2. The Kier molecular flexibility index (Phi) is 6.28. The van der Waals surface area contributed by atoms with Crippen molar-refractivity contribution in [1.29, 1.82) is 0 Å². The molecule has 0 spiro atoms. The summed E-state index contributed by atoms with van der Waals surface area (Å²) in [5.41, 5.74) is 5.41. The van der Waals surface area contributed by atoms with Crippen LogP contribution in [0.15, 0.2) is 0 Å². The van der Waals surface area contributed by atoms with Crippen molar-refractivity contribution < 1.29 is 9.59 Å². The van der Waals surface area contributed by atoms with Gasteiger partial charge >= 0.3 is 11.8 Å². The summed E-state index contributed by atoms with van der Waals surface area (Å²) in [7, 11) is 1.67. The van der Waals surface area contributed by atoms with Gasteiger partial charge in [-0.1, -0.05) is 13.8 Å². The van der Waals surface area contributed by atoms with Gasteiger partial charge in [-0.2, -0.15) is 0 Å². The van der Waals surface area contributed by atoms with Crippen LogP contribution < -0.4 is 5.73 Å². The van der Waals surface area contributed by atoms with E-state index in [4.69, 9.17) is 5.73 Å². The first kappa shape index (κ1) is 16.0. The molecule has 1 aliphatic rings. The van der Waals surface area contributed by atoms with E-state index >= 15 is 0 Å². The average molecular weight is 269 g/mol. The van der Waals surface area contributed by atoms with Gasteiger partial charge in [0.2, 0.25) is 0 Å². The van der Waals surface area contributed by atoms with Crippen LogP contribution in [0.4, 0.5) is 0 Å². The molecule has 110 valence electrons. The smallest absolute Gasteiger partial charge is 0.312 e. The molecule has 2 amide bonds. The van der Waals surface area contributed by atoms with Gasteiger partial charge in [-0.15, -0.1) is 0 Å². The molecule has 1 atom stereocenters. The van der Waals surface area contributed by atoms with E-state index in [1.807, 2.05) is 0 Å². The standard InChI is InChI=1S/C14H27N3O2/c1-11(2)12-6-4-9-17(10-12)14(19)13(18)16(3)8-5-7-15/h11-12H,4-10,15H2,1-3H3. The molecule has 1 heterocycles. The molecule has 2 N–H and O–H groups in total. The zero-order valence-electron chi connectivity index (χ0n) is 12.4. The minimum atomic E-state index is -0.405. The minimum Gasteiger partial charge on any atom is -0.337 e. The average Bonchev–Trinajstić information content (AvgIpc) is 2.43. The minimum absolute atomic E-state index is 0.357. The topological polar surface area (TPSA) is 66.6 Å². The molecule has 0 aliphatic carbocycles. The molecule has 0 aromatic rings. The van der Waals surface area contributed by atoms with Crippen LogP contribution in [0.3, 0.4) is 0 Å². The summed E-state index contributed by atoms with van der Waals surface area (Å²) in [5, 5.41) is 0. The number of nitrogens with zero attached hydrogens (tertiary/aromatic N) is 2. The summed E-state index contributed by atoms with van der Waals surface area (Å²) in [4.78, 5) is 27.4. The summed E-state index contributed by atoms with van der Waals surface area (Å²) in [6.45, 7) is 6.85. The molecule has 1 rings (SSSR count). The van der Waals surface area contributed by atoms with Crippen LogP contribution in [-0.4, -0.2) is 54.8 Å². The fourth-order valence-electron chi connectivity index (χ4n) is 2.47. The number of carbonyl (C=O) groups is 2. The van der Waals surface area contributed by atoms with E-state index < -0.39 is 5.91 Å². The van der Waals surface area contributed by atoms with Gasteiger partial charge < -0.3 is 15.5 Å². The first-order valence-electron chi connectivity index (χ1n) is 7.21. The van der Waals surface area contributed by atoms with Crippen molar-refractivity contribution in [1.82, 2.24) is 9.80 Å².